The average molecular weight is 678 g/mol. The van der Waals surface area contributed by atoms with Crippen molar-refractivity contribution in [3.63, 3.8) is 0 Å². The first-order chi connectivity index (χ1) is 21.9. The number of hydrogen-bond acceptors (Lipinski definition) is 5. The molecular formula is C36H44ClN5O4S. The van der Waals surface area contributed by atoms with Crippen LogP contribution in [0.2, 0.25) is 0 Å². The Morgan fingerprint density at radius 3 is 2.34 bits per heavy atom. The van der Waals surface area contributed by atoms with E-state index < -0.39 is 21.6 Å². The highest BCUT2D eigenvalue weighted by Gasteiger charge is 2.49. The molecule has 0 radical (unpaired) electrons. The normalized spacial score (nSPS) is 18.1. The van der Waals surface area contributed by atoms with Gasteiger partial charge in [0.05, 0.1) is 17.8 Å². The fourth-order valence-corrected chi connectivity index (χ4v) is 8.29. The summed E-state index contributed by atoms with van der Waals surface area (Å²) >= 11 is 0. The number of carbonyl (C=O) groups is 2. The number of carbonyl (C=O) groups excluding carboxylic acids is 2. The molecule has 2 heterocycles. The molecule has 2 aliphatic rings. The van der Waals surface area contributed by atoms with Gasteiger partial charge in [0, 0.05) is 48.6 Å². The molecule has 2 atom stereocenters. The molecule has 3 aromatic carbocycles. The van der Waals surface area contributed by atoms with E-state index in [4.69, 9.17) is 5.73 Å². The lowest BCUT2D eigenvalue weighted by molar-refractivity contribution is -0.138. The van der Waals surface area contributed by atoms with Crippen molar-refractivity contribution in [1.82, 2.24) is 19.5 Å². The zero-order valence-corrected chi connectivity index (χ0v) is 28.7. The molecule has 6 rings (SSSR count). The van der Waals surface area contributed by atoms with Gasteiger partial charge >= 0.3 is 0 Å². The molecule has 1 fully saturated rings. The minimum atomic E-state index is -3.53. The third kappa shape index (κ3) is 7.11. The number of benzene rings is 3. The minimum Gasteiger partial charge on any atom is -0.361 e. The van der Waals surface area contributed by atoms with E-state index in [-0.39, 0.29) is 35.7 Å². The van der Waals surface area contributed by atoms with Gasteiger partial charge in [-0.05, 0) is 61.4 Å². The summed E-state index contributed by atoms with van der Waals surface area (Å²) in [5, 5.41) is 3.97. The lowest BCUT2D eigenvalue weighted by Crippen LogP contribution is -2.58. The zero-order chi connectivity index (χ0) is 32.7. The first-order valence-corrected chi connectivity index (χ1v) is 17.7. The lowest BCUT2D eigenvalue weighted by Gasteiger charge is -2.42. The fraction of sp³-hybridized carbons (Fsp3) is 0.389. The van der Waals surface area contributed by atoms with E-state index >= 15 is 0 Å². The number of H-pyrrole nitrogens is 1. The number of rotatable bonds is 9. The van der Waals surface area contributed by atoms with Crippen LogP contribution in [0.15, 0.2) is 85.1 Å². The molecule has 1 spiro atoms. The molecule has 1 saturated heterocycles. The summed E-state index contributed by atoms with van der Waals surface area (Å²) in [7, 11) is -3.53. The van der Waals surface area contributed by atoms with Crippen LogP contribution in [0.5, 0.6) is 0 Å². The Morgan fingerprint density at radius 1 is 1.02 bits per heavy atom. The van der Waals surface area contributed by atoms with Crippen LogP contribution in [0.25, 0.3) is 10.9 Å². The largest absolute Gasteiger partial charge is 0.361 e. The SMILES string of the molecule is CC(C)(N)C(=O)NC(Cc1c[nH]c2ccccc12)C(=O)N1CCC2(CC1)C[C@@H](N(Cc1ccccc1)S(C)(=O)=O)c1ccccc12.Cl. The molecule has 4 N–H and O–H groups in total. The molecule has 9 nitrogen and oxygen atoms in total. The van der Waals surface area contributed by atoms with Crippen molar-refractivity contribution in [2.45, 2.75) is 69.1 Å². The molecule has 1 aliphatic carbocycles. The van der Waals surface area contributed by atoms with Crippen molar-refractivity contribution >= 4 is 45.1 Å². The number of likely N-dealkylation sites (tertiary alicyclic amines) is 1. The summed E-state index contributed by atoms with van der Waals surface area (Å²) in [6.07, 6.45) is 5.58. The van der Waals surface area contributed by atoms with Gasteiger partial charge in [0.25, 0.3) is 0 Å². The molecule has 0 bridgehead atoms. The van der Waals surface area contributed by atoms with Crippen molar-refractivity contribution < 1.29 is 18.0 Å². The smallest absolute Gasteiger partial charge is 0.245 e. The highest BCUT2D eigenvalue weighted by Crippen LogP contribution is 2.53. The molecule has 250 valence electrons. The first kappa shape index (κ1) is 34.6. The monoisotopic (exact) mass is 677 g/mol. The van der Waals surface area contributed by atoms with E-state index in [2.05, 4.69) is 22.4 Å². The Balaban J connectivity index is 0.00000433. The van der Waals surface area contributed by atoms with E-state index in [0.717, 1.165) is 27.6 Å². The number of aromatic amines is 1. The second-order valence-corrected chi connectivity index (χ2v) is 15.5. The summed E-state index contributed by atoms with van der Waals surface area (Å²) in [5.41, 5.74) is 9.79. The van der Waals surface area contributed by atoms with Crippen LogP contribution in [0, 0.1) is 0 Å². The van der Waals surface area contributed by atoms with E-state index in [1.54, 1.807) is 18.2 Å². The van der Waals surface area contributed by atoms with E-state index in [9.17, 15) is 18.0 Å². The number of piperidine rings is 1. The van der Waals surface area contributed by atoms with E-state index in [1.165, 1.54) is 11.8 Å². The van der Waals surface area contributed by atoms with Gasteiger partial charge in [-0.1, -0.05) is 72.8 Å². The Bertz CT molecular complexity index is 1850. The number of hydrogen-bond donors (Lipinski definition) is 3. The molecule has 1 aromatic heterocycles. The predicted molar refractivity (Wildman–Crippen MR) is 188 cm³/mol. The quantitative estimate of drug-likeness (QED) is 0.234. The summed E-state index contributed by atoms with van der Waals surface area (Å²) < 4.78 is 28.1. The van der Waals surface area contributed by atoms with Gasteiger partial charge in [-0.3, -0.25) is 9.59 Å². The maximum atomic E-state index is 14.2. The van der Waals surface area contributed by atoms with Crippen molar-refractivity contribution in [3.05, 3.63) is 107 Å². The second kappa shape index (κ2) is 13.4. The number of fused-ring (bicyclic) bond motifs is 3. The topological polar surface area (TPSA) is 129 Å². The van der Waals surface area contributed by atoms with Crippen LogP contribution in [0.3, 0.4) is 0 Å². The number of nitrogens with one attached hydrogen (secondary N) is 2. The Hall–Kier alpha value is -3.70. The van der Waals surface area contributed by atoms with E-state index in [1.807, 2.05) is 77.8 Å². The second-order valence-electron chi connectivity index (χ2n) is 13.5. The van der Waals surface area contributed by atoms with Gasteiger partial charge in [0.15, 0.2) is 0 Å². The maximum Gasteiger partial charge on any atom is 0.245 e. The molecule has 11 heteroatoms. The zero-order valence-electron chi connectivity index (χ0n) is 27.1. The average Bonchev–Trinajstić information content (AvgIpc) is 3.58. The first-order valence-electron chi connectivity index (χ1n) is 15.9. The van der Waals surface area contributed by atoms with Crippen LogP contribution in [-0.4, -0.2) is 65.3 Å². The minimum absolute atomic E-state index is 0. The van der Waals surface area contributed by atoms with Crippen molar-refractivity contribution in [2.75, 3.05) is 19.3 Å². The Morgan fingerprint density at radius 2 is 1.66 bits per heavy atom. The van der Waals surface area contributed by atoms with Crippen molar-refractivity contribution in [1.29, 1.82) is 0 Å². The van der Waals surface area contributed by atoms with Crippen LogP contribution < -0.4 is 11.1 Å². The highest BCUT2D eigenvalue weighted by atomic mass is 35.5. The van der Waals surface area contributed by atoms with Crippen LogP contribution in [-0.2, 0) is 38.0 Å². The summed E-state index contributed by atoms with van der Waals surface area (Å²) in [6, 6.07) is 24.7. The van der Waals surface area contributed by atoms with Crippen molar-refractivity contribution in [3.8, 4) is 0 Å². The molecule has 47 heavy (non-hydrogen) atoms. The van der Waals surface area contributed by atoms with Gasteiger partial charge in [0.1, 0.15) is 6.04 Å². The van der Waals surface area contributed by atoms with Gasteiger partial charge in [0.2, 0.25) is 21.8 Å². The summed E-state index contributed by atoms with van der Waals surface area (Å²) in [6.45, 7) is 4.57. The number of para-hydroxylation sites is 1. The van der Waals surface area contributed by atoms with E-state index in [0.29, 0.717) is 45.3 Å². The molecule has 1 unspecified atom stereocenters. The number of nitrogens with two attached hydrogens (primary N) is 1. The van der Waals surface area contributed by atoms with Crippen LogP contribution in [0.1, 0.15) is 61.4 Å². The highest BCUT2D eigenvalue weighted by molar-refractivity contribution is 7.88. The number of aromatic nitrogens is 1. The molecule has 2 amide bonds. The third-order valence-electron chi connectivity index (χ3n) is 9.75. The standard InChI is InChI=1S/C36H43N5O4S.ClH/c1-35(2,37)34(43)39-31(21-26-23-38-30-16-10-8-13-27(26)30)33(42)40-19-17-36(18-20-40)22-32(28-14-7-9-15-29(28)36)41(46(3,44)45)24-25-11-5-4-6-12-25;/h4-16,23,31-32,38H,17-22,24,37H2,1-3H3,(H,39,43);1H/t31?,32-;/m1./s1. The molecule has 1 aliphatic heterocycles. The molecule has 0 saturated carbocycles. The van der Waals surface area contributed by atoms with Crippen LogP contribution >= 0.6 is 12.4 Å². The number of amides is 2. The number of halogens is 1. The predicted octanol–water partition coefficient (Wildman–Crippen LogP) is 4.82. The summed E-state index contributed by atoms with van der Waals surface area (Å²) in [4.78, 5) is 32.3. The number of nitrogens with zero attached hydrogens (tertiary/aromatic N) is 2. The molecule has 4 aromatic rings. The van der Waals surface area contributed by atoms with Crippen molar-refractivity contribution in [2.24, 2.45) is 5.73 Å². The number of sulfonamides is 1. The fourth-order valence-electron chi connectivity index (χ4n) is 7.25. The van der Waals surface area contributed by atoms with Crippen LogP contribution in [0.4, 0.5) is 0 Å². The third-order valence-corrected chi connectivity index (χ3v) is 11.0. The Labute approximate surface area is 283 Å². The maximum absolute atomic E-state index is 14.2. The lowest BCUT2D eigenvalue weighted by atomic mass is 9.73. The van der Waals surface area contributed by atoms with Gasteiger partial charge in [-0.15, -0.1) is 12.4 Å². The Kier molecular flexibility index (Phi) is 9.89. The van der Waals surface area contributed by atoms with Gasteiger partial charge in [-0.2, -0.15) is 4.31 Å². The van der Waals surface area contributed by atoms with Gasteiger partial charge < -0.3 is 20.9 Å². The van der Waals surface area contributed by atoms with Gasteiger partial charge in [-0.25, -0.2) is 8.42 Å². The molecular weight excluding hydrogens is 634 g/mol. The summed E-state index contributed by atoms with van der Waals surface area (Å²) in [5.74, 6) is -0.520.